The van der Waals surface area contributed by atoms with Crippen LogP contribution >= 0.6 is 0 Å². The lowest BCUT2D eigenvalue weighted by molar-refractivity contribution is -0.233. The molecule has 6 heteroatoms. The summed E-state index contributed by atoms with van der Waals surface area (Å²) < 4.78 is 37.9. The van der Waals surface area contributed by atoms with Gasteiger partial charge in [-0.05, 0) is 32.1 Å². The lowest BCUT2D eigenvalue weighted by Gasteiger charge is -2.45. The minimum atomic E-state index is -0.347. The van der Waals surface area contributed by atoms with Gasteiger partial charge in [0.05, 0.1) is 6.61 Å². The predicted molar refractivity (Wildman–Crippen MR) is 138 cm³/mol. The molecule has 2 unspecified atom stereocenters. The van der Waals surface area contributed by atoms with Gasteiger partial charge in [-0.15, -0.1) is 0 Å². The fourth-order valence-corrected chi connectivity index (χ4v) is 3.84. The van der Waals surface area contributed by atoms with Gasteiger partial charge in [-0.3, -0.25) is 0 Å². The molecule has 1 fully saturated rings. The standard InChI is InChI=1S/C28H54O6/c1-7-12-17-29-22-24(30-18-13-8-2)26-28(33-21-16-11-5)27(32-20-15-10-4)25(23(6)34-26)31-19-14-9-3/h24-28H,6-22H2,1-5H3/t24-,25?,26?,27-,28-/m1/s1. The molecule has 0 aromatic carbocycles. The Kier molecular flexibility index (Phi) is 18.9. The number of rotatable bonds is 22. The summed E-state index contributed by atoms with van der Waals surface area (Å²) in [5.41, 5.74) is 0. The zero-order chi connectivity index (χ0) is 25.0. The molecule has 34 heavy (non-hydrogen) atoms. The van der Waals surface area contributed by atoms with Gasteiger partial charge < -0.3 is 28.4 Å². The summed E-state index contributed by atoms with van der Waals surface area (Å²) in [4.78, 5) is 0. The normalized spacial score (nSPS) is 23.7. The second-order valence-electron chi connectivity index (χ2n) is 9.26. The summed E-state index contributed by atoms with van der Waals surface area (Å²) in [6.45, 7) is 18.9. The average Bonchev–Trinajstić information content (AvgIpc) is 2.83. The Labute approximate surface area is 210 Å². The maximum atomic E-state index is 6.47. The minimum Gasteiger partial charge on any atom is -0.487 e. The molecule has 5 atom stereocenters. The number of hydrogen-bond acceptors (Lipinski definition) is 6. The quantitative estimate of drug-likeness (QED) is 0.164. The van der Waals surface area contributed by atoms with Crippen molar-refractivity contribution in [3.05, 3.63) is 12.3 Å². The van der Waals surface area contributed by atoms with E-state index in [2.05, 4.69) is 41.2 Å². The first-order valence-corrected chi connectivity index (χ1v) is 14.0. The van der Waals surface area contributed by atoms with Gasteiger partial charge in [0.15, 0.2) is 6.10 Å². The van der Waals surface area contributed by atoms with Crippen molar-refractivity contribution in [1.82, 2.24) is 0 Å². The van der Waals surface area contributed by atoms with Gasteiger partial charge >= 0.3 is 0 Å². The lowest BCUT2D eigenvalue weighted by atomic mass is 9.94. The Balaban J connectivity index is 3.12. The Hall–Kier alpha value is -0.660. The van der Waals surface area contributed by atoms with E-state index in [0.717, 1.165) is 70.8 Å². The number of ether oxygens (including phenoxy) is 6. The Morgan fingerprint density at radius 2 is 1.18 bits per heavy atom. The highest BCUT2D eigenvalue weighted by molar-refractivity contribution is 5.09. The molecule has 6 nitrogen and oxygen atoms in total. The highest BCUT2D eigenvalue weighted by Gasteiger charge is 2.48. The van der Waals surface area contributed by atoms with Crippen LogP contribution in [0.25, 0.3) is 0 Å². The first-order chi connectivity index (χ1) is 16.6. The van der Waals surface area contributed by atoms with Crippen LogP contribution in [0.15, 0.2) is 12.3 Å². The second-order valence-corrected chi connectivity index (χ2v) is 9.26. The monoisotopic (exact) mass is 486 g/mol. The largest absolute Gasteiger partial charge is 0.487 e. The molecule has 0 bridgehead atoms. The first-order valence-electron chi connectivity index (χ1n) is 14.0. The second kappa shape index (κ2) is 20.5. The molecule has 1 saturated heterocycles. The van der Waals surface area contributed by atoms with Gasteiger partial charge in [0, 0.05) is 33.0 Å². The fourth-order valence-electron chi connectivity index (χ4n) is 3.84. The van der Waals surface area contributed by atoms with E-state index >= 15 is 0 Å². The maximum Gasteiger partial charge on any atom is 0.155 e. The van der Waals surface area contributed by atoms with Crippen LogP contribution in [0, 0.1) is 0 Å². The summed E-state index contributed by atoms with van der Waals surface area (Å²) in [5, 5.41) is 0. The van der Waals surface area contributed by atoms with E-state index in [0.29, 0.717) is 38.8 Å². The molecular weight excluding hydrogens is 432 g/mol. The highest BCUT2D eigenvalue weighted by atomic mass is 16.6. The molecule has 0 saturated carbocycles. The zero-order valence-electron chi connectivity index (χ0n) is 22.9. The topological polar surface area (TPSA) is 55.4 Å². The van der Waals surface area contributed by atoms with Crippen LogP contribution in [0.4, 0.5) is 0 Å². The van der Waals surface area contributed by atoms with E-state index in [9.17, 15) is 0 Å². The van der Waals surface area contributed by atoms with Crippen molar-refractivity contribution in [2.75, 3.05) is 39.6 Å². The Morgan fingerprint density at radius 3 is 1.76 bits per heavy atom. The number of hydrogen-bond donors (Lipinski definition) is 0. The highest BCUT2D eigenvalue weighted by Crippen LogP contribution is 2.33. The van der Waals surface area contributed by atoms with Crippen molar-refractivity contribution in [2.45, 2.75) is 129 Å². The SMILES string of the molecule is C=C1OC([C@@H](COCCCC)OCCCC)[C@@H](OCCCC)[C@H](OCCCC)C1OCCCC. The van der Waals surface area contributed by atoms with Gasteiger partial charge in [-0.2, -0.15) is 0 Å². The van der Waals surface area contributed by atoms with Gasteiger partial charge in [-0.25, -0.2) is 0 Å². The van der Waals surface area contributed by atoms with E-state index in [-0.39, 0.29) is 30.5 Å². The summed E-state index contributed by atoms with van der Waals surface area (Å²) >= 11 is 0. The summed E-state index contributed by atoms with van der Waals surface area (Å²) in [5.74, 6) is 0.607. The van der Waals surface area contributed by atoms with Crippen molar-refractivity contribution >= 4 is 0 Å². The molecule has 0 aliphatic carbocycles. The van der Waals surface area contributed by atoms with Crippen LogP contribution in [0.3, 0.4) is 0 Å². The molecule has 0 spiro atoms. The van der Waals surface area contributed by atoms with Crippen molar-refractivity contribution in [3.63, 3.8) is 0 Å². The Bertz CT molecular complexity index is 486. The molecule has 0 aromatic rings. The molecule has 0 aromatic heterocycles. The van der Waals surface area contributed by atoms with E-state index < -0.39 is 0 Å². The molecule has 1 aliphatic rings. The summed E-state index contributed by atoms with van der Waals surface area (Å²) in [6, 6.07) is 0. The fraction of sp³-hybridized carbons (Fsp3) is 0.929. The first kappa shape index (κ1) is 31.4. The van der Waals surface area contributed by atoms with Crippen LogP contribution in [0.1, 0.15) is 98.8 Å². The Morgan fingerprint density at radius 1 is 0.676 bits per heavy atom. The third-order valence-electron chi connectivity index (χ3n) is 6.08. The van der Waals surface area contributed by atoms with Crippen molar-refractivity contribution in [3.8, 4) is 0 Å². The van der Waals surface area contributed by atoms with Gasteiger partial charge in [0.2, 0.25) is 0 Å². The molecule has 0 amide bonds. The molecular formula is C28H54O6. The van der Waals surface area contributed by atoms with Crippen LogP contribution < -0.4 is 0 Å². The number of unbranched alkanes of at least 4 members (excludes halogenated alkanes) is 5. The average molecular weight is 487 g/mol. The van der Waals surface area contributed by atoms with E-state index in [1.54, 1.807) is 0 Å². The van der Waals surface area contributed by atoms with Gasteiger partial charge in [0.25, 0.3) is 0 Å². The lowest BCUT2D eigenvalue weighted by Crippen LogP contribution is -2.59. The van der Waals surface area contributed by atoms with Crippen LogP contribution in [-0.4, -0.2) is 70.2 Å². The smallest absolute Gasteiger partial charge is 0.155 e. The summed E-state index contributed by atoms with van der Waals surface area (Å²) in [7, 11) is 0. The van der Waals surface area contributed by atoms with E-state index in [4.69, 9.17) is 28.4 Å². The van der Waals surface area contributed by atoms with Crippen LogP contribution in [0.5, 0.6) is 0 Å². The third kappa shape index (κ3) is 11.9. The minimum absolute atomic E-state index is 0.249. The summed E-state index contributed by atoms with van der Waals surface area (Å²) in [6.07, 6.45) is 8.88. The van der Waals surface area contributed by atoms with E-state index in [1.165, 1.54) is 0 Å². The predicted octanol–water partition coefficient (Wildman–Crippen LogP) is 6.46. The molecule has 1 rings (SSSR count). The molecule has 0 radical (unpaired) electrons. The molecule has 202 valence electrons. The molecule has 1 heterocycles. The molecule has 1 aliphatic heterocycles. The van der Waals surface area contributed by atoms with Gasteiger partial charge in [0.1, 0.15) is 30.2 Å². The molecule has 0 N–H and O–H groups in total. The van der Waals surface area contributed by atoms with E-state index in [1.807, 2.05) is 0 Å². The van der Waals surface area contributed by atoms with Crippen LogP contribution in [-0.2, 0) is 28.4 Å². The van der Waals surface area contributed by atoms with Crippen molar-refractivity contribution in [1.29, 1.82) is 0 Å². The van der Waals surface area contributed by atoms with Crippen LogP contribution in [0.2, 0.25) is 0 Å². The van der Waals surface area contributed by atoms with Gasteiger partial charge in [-0.1, -0.05) is 73.3 Å². The zero-order valence-corrected chi connectivity index (χ0v) is 22.9. The van der Waals surface area contributed by atoms with Crippen molar-refractivity contribution in [2.24, 2.45) is 0 Å². The maximum absolute atomic E-state index is 6.47. The third-order valence-corrected chi connectivity index (χ3v) is 6.08. The van der Waals surface area contributed by atoms with Crippen molar-refractivity contribution < 1.29 is 28.4 Å².